The molecule has 15 heterocycles. The third-order valence-corrected chi connectivity index (χ3v) is 13.7. The Hall–Kier alpha value is -6.04. The van der Waals surface area contributed by atoms with Crippen LogP contribution in [0.2, 0.25) is 0 Å². The maximum Gasteiger partial charge on any atom is 0.261 e. The van der Waals surface area contributed by atoms with Gasteiger partial charge >= 0.3 is 0 Å². The van der Waals surface area contributed by atoms with Crippen LogP contribution >= 0.6 is 0 Å². The van der Waals surface area contributed by atoms with Gasteiger partial charge in [-0.25, -0.2) is 0 Å². The summed E-state index contributed by atoms with van der Waals surface area (Å²) < 4.78 is 0. The molecule has 0 aromatic heterocycles. The fraction of sp³-hybridized carbons (Fsp3) is 0.440. The van der Waals surface area contributed by atoms with Crippen molar-refractivity contribution in [2.75, 3.05) is 26.2 Å². The number of imide groups is 4. The molecule has 0 radical (unpaired) electrons. The molecule has 12 nitrogen and oxygen atoms in total. The Morgan fingerprint density at radius 1 is 0.210 bits per heavy atom. The van der Waals surface area contributed by atoms with E-state index in [1.54, 1.807) is 48.5 Å². The first-order valence-corrected chi connectivity index (χ1v) is 22.8. The van der Waals surface area contributed by atoms with Gasteiger partial charge in [0.2, 0.25) is 0 Å². The van der Waals surface area contributed by atoms with Gasteiger partial charge in [0.15, 0.2) is 0 Å². The molecule has 320 valence electrons. The van der Waals surface area contributed by atoms with Crippen molar-refractivity contribution >= 4 is 68.8 Å². The van der Waals surface area contributed by atoms with E-state index in [0.717, 1.165) is 89.9 Å². The fourth-order valence-electron chi connectivity index (χ4n) is 10.3. The van der Waals surface area contributed by atoms with E-state index in [2.05, 4.69) is 0 Å². The first-order valence-electron chi connectivity index (χ1n) is 22.8. The van der Waals surface area contributed by atoms with Crippen LogP contribution in [-0.4, -0.2) is 93.0 Å². The molecule has 0 atom stereocenters. The highest BCUT2D eigenvalue weighted by Gasteiger charge is 2.41. The standard InChI is InChI=1S/C50H52N4O8/c55-43-31-19-23-35-41-36-24-20-32(39(31)41)44(56)51(43)27-15-11-7-3-1-4-8-12-16-28-52-45(57)33-21-25-37-42-38(26-22-34(40(33)42)46(52)58)50(62)54(49(37)61)30-18-14-10-6-2-5-9-13-17-29-53(47(35)59)48(36)60/h19-26H,1-18,27-30H2. The summed E-state index contributed by atoms with van der Waals surface area (Å²) in [7, 11) is 0. The van der Waals surface area contributed by atoms with Crippen molar-refractivity contribution in [1.82, 2.24) is 19.6 Å². The molecule has 0 saturated carbocycles. The molecular weight excluding hydrogens is 785 g/mol. The number of hydrogen-bond acceptors (Lipinski definition) is 8. The average Bonchev–Trinajstić information content (AvgIpc) is 3.27. The quantitative estimate of drug-likeness (QED) is 0.159. The predicted molar refractivity (Wildman–Crippen MR) is 232 cm³/mol. The van der Waals surface area contributed by atoms with Gasteiger partial charge in [-0.2, -0.15) is 0 Å². The molecule has 8 amide bonds. The Balaban J connectivity index is 0.861. The summed E-state index contributed by atoms with van der Waals surface area (Å²) in [5.41, 5.74) is 2.76. The summed E-state index contributed by atoms with van der Waals surface area (Å²) in [6.07, 6.45) is 16.0. The lowest BCUT2D eigenvalue weighted by molar-refractivity contribution is 0.0586. The second kappa shape index (κ2) is 17.4. The summed E-state index contributed by atoms with van der Waals surface area (Å²) in [6.45, 7) is 1.16. The molecule has 19 rings (SSSR count). The van der Waals surface area contributed by atoms with E-state index in [1.807, 2.05) is 0 Å². The van der Waals surface area contributed by atoms with Gasteiger partial charge in [-0.15, -0.1) is 0 Å². The molecule has 0 saturated heterocycles. The number of rotatable bonds is 0. The normalized spacial score (nSPS) is 20.3. The van der Waals surface area contributed by atoms with Gasteiger partial charge in [0.25, 0.3) is 47.3 Å². The number of nitrogens with zero attached hydrogens (tertiary/aromatic N) is 4. The molecule has 16 bridgehead atoms. The van der Waals surface area contributed by atoms with Gasteiger partial charge in [0, 0.05) is 92.2 Å². The van der Waals surface area contributed by atoms with Crippen LogP contribution in [0.1, 0.15) is 198 Å². The van der Waals surface area contributed by atoms with E-state index in [0.29, 0.717) is 91.7 Å². The van der Waals surface area contributed by atoms with Crippen molar-refractivity contribution < 1.29 is 38.4 Å². The van der Waals surface area contributed by atoms with Gasteiger partial charge in [-0.05, 0) is 74.2 Å². The van der Waals surface area contributed by atoms with E-state index in [1.165, 1.54) is 19.6 Å². The van der Waals surface area contributed by atoms with Gasteiger partial charge in [0.1, 0.15) is 0 Å². The summed E-state index contributed by atoms with van der Waals surface area (Å²) in [6, 6.07) is 13.0. The van der Waals surface area contributed by atoms with Crippen LogP contribution in [0.5, 0.6) is 0 Å². The highest BCUT2D eigenvalue weighted by molar-refractivity contribution is 6.34. The number of benzene rings is 4. The topological polar surface area (TPSA) is 150 Å². The number of hydrogen-bond donors (Lipinski definition) is 0. The zero-order valence-corrected chi connectivity index (χ0v) is 35.2. The van der Waals surface area contributed by atoms with Crippen molar-refractivity contribution in [3.8, 4) is 0 Å². The molecule has 0 aliphatic carbocycles. The van der Waals surface area contributed by atoms with E-state index in [4.69, 9.17) is 0 Å². The van der Waals surface area contributed by atoms with Gasteiger partial charge in [-0.1, -0.05) is 89.9 Å². The van der Waals surface area contributed by atoms with E-state index >= 15 is 0 Å². The Labute approximate surface area is 360 Å². The van der Waals surface area contributed by atoms with Gasteiger partial charge in [-0.3, -0.25) is 58.0 Å². The molecule has 15 aliphatic heterocycles. The zero-order chi connectivity index (χ0) is 43.1. The maximum atomic E-state index is 13.7. The van der Waals surface area contributed by atoms with Crippen LogP contribution in [-0.2, 0) is 0 Å². The maximum absolute atomic E-state index is 13.7. The summed E-state index contributed by atoms with van der Waals surface area (Å²) in [5, 5.41) is 1.60. The highest BCUT2D eigenvalue weighted by Crippen LogP contribution is 2.40. The summed E-state index contributed by atoms with van der Waals surface area (Å²) >= 11 is 0. The second-order valence-electron chi connectivity index (χ2n) is 17.6. The summed E-state index contributed by atoms with van der Waals surface area (Å²) in [5.74, 6) is -3.16. The third-order valence-electron chi connectivity index (χ3n) is 13.7. The van der Waals surface area contributed by atoms with Crippen molar-refractivity contribution in [2.24, 2.45) is 0 Å². The zero-order valence-electron chi connectivity index (χ0n) is 35.2. The molecule has 4 aromatic carbocycles. The van der Waals surface area contributed by atoms with Crippen LogP contribution in [0.3, 0.4) is 0 Å². The SMILES string of the molecule is O=C1c2ccc3c4c5ccc(c24)C(=O)N1CCCCCCCCCCCN1C(=O)c2ccc4c6c(ccc(c26)C1=O)C(=O)N(CCCCCCCCCCCN(C3=O)C5=O)C4=O. The monoisotopic (exact) mass is 836 g/mol. The van der Waals surface area contributed by atoms with E-state index < -0.39 is 47.3 Å². The minimum Gasteiger partial charge on any atom is -0.274 e. The molecule has 15 aliphatic rings. The summed E-state index contributed by atoms with van der Waals surface area (Å²) in [4.78, 5) is 115. The first-order chi connectivity index (χ1) is 30.2. The van der Waals surface area contributed by atoms with Crippen LogP contribution in [0.15, 0.2) is 48.5 Å². The molecule has 62 heavy (non-hydrogen) atoms. The van der Waals surface area contributed by atoms with Crippen LogP contribution < -0.4 is 0 Å². The number of amides is 8. The lowest BCUT2D eigenvalue weighted by Gasteiger charge is -2.32. The molecule has 0 spiro atoms. The molecule has 12 heteroatoms. The minimum atomic E-state index is -0.394. The van der Waals surface area contributed by atoms with Gasteiger partial charge in [0.05, 0.1) is 0 Å². The van der Waals surface area contributed by atoms with Crippen molar-refractivity contribution in [3.63, 3.8) is 0 Å². The average molecular weight is 837 g/mol. The first kappa shape index (κ1) is 41.3. The van der Waals surface area contributed by atoms with E-state index in [-0.39, 0.29) is 26.2 Å². The lowest BCUT2D eigenvalue weighted by Crippen LogP contribution is -2.43. The van der Waals surface area contributed by atoms with Crippen LogP contribution in [0, 0.1) is 0 Å². The Kier molecular flexibility index (Phi) is 11.6. The van der Waals surface area contributed by atoms with Crippen molar-refractivity contribution in [2.45, 2.75) is 116 Å². The molecule has 0 fully saturated rings. The number of carbonyl (C=O) groups is 8. The smallest absolute Gasteiger partial charge is 0.261 e. The van der Waals surface area contributed by atoms with E-state index in [9.17, 15) is 38.4 Å². The third kappa shape index (κ3) is 7.10. The Morgan fingerprint density at radius 2 is 0.339 bits per heavy atom. The Morgan fingerprint density at radius 3 is 0.484 bits per heavy atom. The minimum absolute atomic E-state index is 0.290. The predicted octanol–water partition coefficient (Wildman–Crippen LogP) is 9.11. The number of carbonyl (C=O) groups excluding carboxylic acids is 8. The van der Waals surface area contributed by atoms with Crippen molar-refractivity contribution in [3.05, 3.63) is 93.0 Å². The van der Waals surface area contributed by atoms with Gasteiger partial charge < -0.3 is 0 Å². The molecule has 0 unspecified atom stereocenters. The lowest BCUT2D eigenvalue weighted by atomic mass is 9.85. The molecular formula is C50H52N4O8. The van der Waals surface area contributed by atoms with Crippen molar-refractivity contribution in [1.29, 1.82) is 0 Å². The fourth-order valence-corrected chi connectivity index (χ4v) is 10.3. The highest BCUT2D eigenvalue weighted by atomic mass is 16.2. The molecule has 4 aromatic rings. The molecule has 0 N–H and O–H groups in total. The largest absolute Gasteiger partial charge is 0.274 e. The second-order valence-corrected chi connectivity index (χ2v) is 17.6. The van der Waals surface area contributed by atoms with Crippen LogP contribution in [0.4, 0.5) is 0 Å². The Bertz CT molecular complexity index is 2100. The van der Waals surface area contributed by atoms with Crippen LogP contribution in [0.25, 0.3) is 21.5 Å².